The normalized spacial score (nSPS) is 15.3. The fourth-order valence-corrected chi connectivity index (χ4v) is 3.45. The highest BCUT2D eigenvalue weighted by Crippen LogP contribution is 2.33. The molecule has 8 heteroatoms. The lowest BCUT2D eigenvalue weighted by Crippen LogP contribution is -2.32. The molecule has 0 bridgehead atoms. The summed E-state index contributed by atoms with van der Waals surface area (Å²) < 4.78 is 16.2. The van der Waals surface area contributed by atoms with Crippen LogP contribution in [0.25, 0.3) is 5.70 Å². The molecule has 2 aliphatic heterocycles. The van der Waals surface area contributed by atoms with E-state index in [1.54, 1.807) is 30.3 Å². The topological polar surface area (TPSA) is 94.2 Å². The van der Waals surface area contributed by atoms with Gasteiger partial charge in [0, 0.05) is 35.1 Å². The Balaban J connectivity index is 1.28. The zero-order chi connectivity index (χ0) is 22.0. The lowest BCUT2D eigenvalue weighted by molar-refractivity contribution is -0.153. The van der Waals surface area contributed by atoms with Gasteiger partial charge in [0.25, 0.3) is 11.8 Å². The van der Waals surface area contributed by atoms with Gasteiger partial charge in [-0.3, -0.25) is 14.4 Å². The number of rotatable bonds is 6. The van der Waals surface area contributed by atoms with E-state index in [2.05, 4.69) is 11.9 Å². The summed E-state index contributed by atoms with van der Waals surface area (Å²) in [5.41, 5.74) is 2.38. The second-order valence-electron chi connectivity index (χ2n) is 7.18. The Morgan fingerprint density at radius 2 is 1.84 bits per heavy atom. The third-order valence-electron chi connectivity index (χ3n) is 5.07. The zero-order valence-electron chi connectivity index (χ0n) is 17.1. The number of amides is 2. The van der Waals surface area contributed by atoms with Crippen molar-refractivity contribution in [3.63, 3.8) is 0 Å². The number of carbonyl (C=O) groups is 3. The quantitative estimate of drug-likeness (QED) is 0.720. The SMILES string of the molecule is C=C1c2ccccc2C(=O)N1CCC(=O)OC(C)C(=O)Nc1ccc2c(c1)OCCO2. The number of esters is 1. The maximum atomic E-state index is 12.5. The fraction of sp³-hybridized carbons (Fsp3) is 0.261. The van der Waals surface area contributed by atoms with Crippen molar-refractivity contribution in [3.05, 3.63) is 60.2 Å². The Morgan fingerprint density at radius 3 is 2.58 bits per heavy atom. The lowest BCUT2D eigenvalue weighted by atomic mass is 10.1. The summed E-state index contributed by atoms with van der Waals surface area (Å²) in [5, 5.41) is 2.69. The molecule has 0 radical (unpaired) electrons. The average molecular weight is 422 g/mol. The van der Waals surface area contributed by atoms with Crippen LogP contribution in [0.4, 0.5) is 5.69 Å². The van der Waals surface area contributed by atoms with Gasteiger partial charge in [-0.1, -0.05) is 24.8 Å². The molecule has 2 aromatic rings. The van der Waals surface area contributed by atoms with Crippen molar-refractivity contribution in [3.8, 4) is 11.5 Å². The highest BCUT2D eigenvalue weighted by atomic mass is 16.6. The van der Waals surface area contributed by atoms with Crippen molar-refractivity contribution in [2.24, 2.45) is 0 Å². The summed E-state index contributed by atoms with van der Waals surface area (Å²) in [7, 11) is 0. The van der Waals surface area contributed by atoms with Gasteiger partial charge in [0.05, 0.1) is 6.42 Å². The largest absolute Gasteiger partial charge is 0.486 e. The average Bonchev–Trinajstić information content (AvgIpc) is 3.02. The Morgan fingerprint density at radius 1 is 1.13 bits per heavy atom. The summed E-state index contributed by atoms with van der Waals surface area (Å²) in [5.74, 6) is -0.0904. The van der Waals surface area contributed by atoms with E-state index < -0.39 is 18.0 Å². The van der Waals surface area contributed by atoms with Gasteiger partial charge in [-0.05, 0) is 25.1 Å². The molecule has 0 aliphatic carbocycles. The van der Waals surface area contributed by atoms with Gasteiger partial charge in [-0.25, -0.2) is 0 Å². The van der Waals surface area contributed by atoms with E-state index in [0.717, 1.165) is 5.56 Å². The third-order valence-corrected chi connectivity index (χ3v) is 5.07. The van der Waals surface area contributed by atoms with Crippen LogP contribution in [-0.2, 0) is 14.3 Å². The van der Waals surface area contributed by atoms with Crippen LogP contribution < -0.4 is 14.8 Å². The summed E-state index contributed by atoms with van der Waals surface area (Å²) in [4.78, 5) is 38.6. The molecular formula is C23H22N2O6. The molecule has 1 N–H and O–H groups in total. The van der Waals surface area contributed by atoms with E-state index in [1.165, 1.54) is 11.8 Å². The molecular weight excluding hydrogens is 400 g/mol. The summed E-state index contributed by atoms with van der Waals surface area (Å²) in [6.45, 7) is 6.48. The van der Waals surface area contributed by atoms with Gasteiger partial charge < -0.3 is 24.4 Å². The van der Waals surface area contributed by atoms with Crippen LogP contribution in [0.1, 0.15) is 29.3 Å². The summed E-state index contributed by atoms with van der Waals surface area (Å²) >= 11 is 0. The van der Waals surface area contributed by atoms with Crippen LogP contribution in [0.5, 0.6) is 11.5 Å². The first-order valence-electron chi connectivity index (χ1n) is 9.94. The molecule has 2 aliphatic rings. The highest BCUT2D eigenvalue weighted by Gasteiger charge is 2.31. The number of nitrogens with one attached hydrogen (secondary N) is 1. The molecule has 160 valence electrons. The van der Waals surface area contributed by atoms with E-state index in [4.69, 9.17) is 14.2 Å². The van der Waals surface area contributed by atoms with E-state index in [0.29, 0.717) is 41.7 Å². The summed E-state index contributed by atoms with van der Waals surface area (Å²) in [6.07, 6.45) is -1.06. The first-order chi connectivity index (χ1) is 14.9. The van der Waals surface area contributed by atoms with Crippen molar-refractivity contribution in [1.82, 2.24) is 4.90 Å². The number of anilines is 1. The van der Waals surface area contributed by atoms with Gasteiger partial charge in [0.15, 0.2) is 17.6 Å². The molecule has 0 saturated carbocycles. The van der Waals surface area contributed by atoms with Crippen molar-refractivity contribution in [2.75, 3.05) is 25.1 Å². The second kappa shape index (κ2) is 8.51. The van der Waals surface area contributed by atoms with Gasteiger partial charge in [-0.2, -0.15) is 0 Å². The van der Waals surface area contributed by atoms with Crippen LogP contribution in [0.2, 0.25) is 0 Å². The first kappa shape index (κ1) is 20.5. The standard InChI is InChI=1S/C23H22N2O6/c1-14-17-5-3-4-6-18(17)23(28)25(14)10-9-21(26)31-15(2)22(27)24-16-7-8-19-20(13-16)30-12-11-29-19/h3-8,13,15H,1,9-12H2,2H3,(H,24,27). The first-order valence-corrected chi connectivity index (χ1v) is 9.94. The molecule has 0 saturated heterocycles. The smallest absolute Gasteiger partial charge is 0.308 e. The number of carbonyl (C=O) groups excluding carboxylic acids is 3. The van der Waals surface area contributed by atoms with Crippen LogP contribution in [0, 0.1) is 0 Å². The van der Waals surface area contributed by atoms with Gasteiger partial charge >= 0.3 is 5.97 Å². The Hall–Kier alpha value is -3.81. The van der Waals surface area contributed by atoms with Crippen molar-refractivity contribution in [1.29, 1.82) is 0 Å². The maximum absolute atomic E-state index is 12.5. The van der Waals surface area contributed by atoms with E-state index in [-0.39, 0.29) is 18.9 Å². The molecule has 0 fully saturated rings. The highest BCUT2D eigenvalue weighted by molar-refractivity contribution is 6.08. The van der Waals surface area contributed by atoms with Crippen molar-refractivity contribution < 1.29 is 28.6 Å². The van der Waals surface area contributed by atoms with Gasteiger partial charge in [-0.15, -0.1) is 0 Å². The molecule has 2 aromatic carbocycles. The number of hydrogen-bond donors (Lipinski definition) is 1. The Labute approximate surface area is 179 Å². The number of benzene rings is 2. The van der Waals surface area contributed by atoms with E-state index in [9.17, 15) is 14.4 Å². The van der Waals surface area contributed by atoms with Crippen LogP contribution >= 0.6 is 0 Å². The Bertz CT molecular complexity index is 1030. The predicted molar refractivity (Wildman–Crippen MR) is 113 cm³/mol. The molecule has 0 spiro atoms. The monoisotopic (exact) mass is 422 g/mol. The van der Waals surface area contributed by atoms with E-state index in [1.807, 2.05) is 12.1 Å². The van der Waals surface area contributed by atoms with Crippen LogP contribution in [-0.4, -0.2) is 48.5 Å². The third kappa shape index (κ3) is 4.23. The molecule has 1 atom stereocenters. The molecule has 4 rings (SSSR count). The van der Waals surface area contributed by atoms with Crippen molar-refractivity contribution in [2.45, 2.75) is 19.4 Å². The number of nitrogens with zero attached hydrogens (tertiary/aromatic N) is 1. The van der Waals surface area contributed by atoms with Gasteiger partial charge in [0.1, 0.15) is 13.2 Å². The number of fused-ring (bicyclic) bond motifs is 2. The van der Waals surface area contributed by atoms with Crippen LogP contribution in [0.15, 0.2) is 49.0 Å². The zero-order valence-corrected chi connectivity index (χ0v) is 17.1. The molecule has 8 nitrogen and oxygen atoms in total. The van der Waals surface area contributed by atoms with E-state index >= 15 is 0 Å². The second-order valence-corrected chi connectivity index (χ2v) is 7.18. The molecule has 0 aromatic heterocycles. The number of ether oxygens (including phenoxy) is 3. The Kier molecular flexibility index (Phi) is 5.62. The lowest BCUT2D eigenvalue weighted by Gasteiger charge is -2.20. The van der Waals surface area contributed by atoms with Crippen LogP contribution in [0.3, 0.4) is 0 Å². The van der Waals surface area contributed by atoms with Gasteiger partial charge in [0.2, 0.25) is 0 Å². The molecule has 2 amide bonds. The molecule has 1 unspecified atom stereocenters. The molecule has 31 heavy (non-hydrogen) atoms. The minimum Gasteiger partial charge on any atom is -0.486 e. The fourth-order valence-electron chi connectivity index (χ4n) is 3.45. The minimum absolute atomic E-state index is 0.0552. The summed E-state index contributed by atoms with van der Waals surface area (Å²) in [6, 6.07) is 12.2. The number of hydrogen-bond acceptors (Lipinski definition) is 6. The predicted octanol–water partition coefficient (Wildman–Crippen LogP) is 2.84. The molecule has 2 heterocycles. The maximum Gasteiger partial charge on any atom is 0.308 e. The van der Waals surface area contributed by atoms with Crippen molar-refractivity contribution >= 4 is 29.2 Å². The minimum atomic E-state index is -1.00.